The molecule has 1 amide bonds. The van der Waals surface area contributed by atoms with Crippen LogP contribution < -0.4 is 16.0 Å². The van der Waals surface area contributed by atoms with Crippen LogP contribution in [0.25, 0.3) is 0 Å². The third-order valence-electron chi connectivity index (χ3n) is 6.21. The van der Waals surface area contributed by atoms with E-state index in [9.17, 15) is 14.9 Å². The molecule has 0 bridgehead atoms. The molecule has 1 aliphatic carbocycles. The molecule has 8 nitrogen and oxygen atoms in total. The Hall–Kier alpha value is -3.07. The maximum absolute atomic E-state index is 13.3. The van der Waals surface area contributed by atoms with Gasteiger partial charge in [-0.2, -0.15) is 5.26 Å². The topological polar surface area (TPSA) is 125 Å². The number of halogens is 3. The first-order chi connectivity index (χ1) is 18.8. The summed E-state index contributed by atoms with van der Waals surface area (Å²) in [6, 6.07) is 14.0. The van der Waals surface area contributed by atoms with Crippen molar-refractivity contribution in [1.29, 1.82) is 5.26 Å². The highest BCUT2D eigenvalue weighted by Crippen LogP contribution is 2.48. The van der Waals surface area contributed by atoms with E-state index in [-0.39, 0.29) is 28.8 Å². The van der Waals surface area contributed by atoms with Crippen LogP contribution in [0.1, 0.15) is 30.7 Å². The first-order valence-electron chi connectivity index (χ1n) is 11.7. The van der Waals surface area contributed by atoms with Crippen LogP contribution in [0.3, 0.4) is 0 Å². The Morgan fingerprint density at radius 3 is 2.72 bits per heavy atom. The number of anilines is 2. The number of nitriles is 1. The minimum absolute atomic E-state index is 0.0747. The average molecular weight is 618 g/mol. The van der Waals surface area contributed by atoms with Gasteiger partial charge in [0.05, 0.1) is 23.3 Å². The van der Waals surface area contributed by atoms with E-state index in [1.54, 1.807) is 47.4 Å². The van der Waals surface area contributed by atoms with Crippen molar-refractivity contribution < 1.29 is 9.59 Å². The van der Waals surface area contributed by atoms with Gasteiger partial charge in [0.25, 0.3) is 0 Å². The number of nitrogens with two attached hydrogens (primary N) is 1. The van der Waals surface area contributed by atoms with Gasteiger partial charge >= 0.3 is 0 Å². The zero-order chi connectivity index (χ0) is 27.7. The fourth-order valence-corrected chi connectivity index (χ4v) is 6.98. The van der Waals surface area contributed by atoms with E-state index in [2.05, 4.69) is 21.6 Å². The number of benzene rings is 2. The highest BCUT2D eigenvalue weighted by Gasteiger charge is 2.42. The third-order valence-corrected chi connectivity index (χ3v) is 9.05. The molecule has 13 heteroatoms. The van der Waals surface area contributed by atoms with Gasteiger partial charge in [-0.25, -0.2) is 0 Å². The molecule has 198 valence electrons. The average Bonchev–Trinajstić information content (AvgIpc) is 3.36. The predicted octanol–water partition coefficient (Wildman–Crippen LogP) is 6.53. The van der Waals surface area contributed by atoms with E-state index < -0.39 is 5.92 Å². The first kappa shape index (κ1) is 27.5. The molecule has 3 N–H and O–H groups in total. The Morgan fingerprint density at radius 2 is 1.97 bits per heavy atom. The molecule has 2 aromatic carbocycles. The molecular weight excluding hydrogens is 599 g/mol. The molecule has 39 heavy (non-hydrogen) atoms. The van der Waals surface area contributed by atoms with E-state index >= 15 is 0 Å². The molecule has 0 fully saturated rings. The number of ketones is 1. The zero-order valence-electron chi connectivity index (χ0n) is 20.1. The summed E-state index contributed by atoms with van der Waals surface area (Å²) in [6.07, 6.45) is 1.55. The first-order valence-corrected chi connectivity index (χ1v) is 14.6. The van der Waals surface area contributed by atoms with Crippen molar-refractivity contribution in [2.24, 2.45) is 5.73 Å². The molecule has 0 saturated heterocycles. The van der Waals surface area contributed by atoms with Crippen molar-refractivity contribution in [2.75, 3.05) is 16.0 Å². The summed E-state index contributed by atoms with van der Waals surface area (Å²) in [7, 11) is 0. The molecule has 0 saturated carbocycles. The van der Waals surface area contributed by atoms with E-state index in [1.165, 1.54) is 23.1 Å². The zero-order valence-corrected chi connectivity index (χ0v) is 24.0. The summed E-state index contributed by atoms with van der Waals surface area (Å²) >= 11 is 21.0. The molecule has 5 rings (SSSR count). The number of hydrogen-bond donors (Lipinski definition) is 2. The van der Waals surface area contributed by atoms with Crippen LogP contribution in [0.5, 0.6) is 0 Å². The minimum Gasteiger partial charge on any atom is -0.384 e. The summed E-state index contributed by atoms with van der Waals surface area (Å²) in [5, 5.41) is 23.2. The Bertz CT molecular complexity index is 1600. The fraction of sp³-hybridized carbons (Fsp3) is 0.192. The Balaban J connectivity index is 1.44. The maximum Gasteiger partial charge on any atom is 0.234 e. The van der Waals surface area contributed by atoms with E-state index in [1.807, 2.05) is 0 Å². The number of nitrogens with one attached hydrogen (secondary N) is 1. The number of rotatable bonds is 6. The normalized spacial score (nSPS) is 17.2. The predicted molar refractivity (Wildman–Crippen MR) is 155 cm³/mol. The summed E-state index contributed by atoms with van der Waals surface area (Å²) in [5.41, 5.74) is 9.10. The largest absolute Gasteiger partial charge is 0.384 e. The van der Waals surface area contributed by atoms with Gasteiger partial charge < -0.3 is 11.1 Å². The number of allylic oxidation sites excluding steroid dienone is 3. The Labute approximate surface area is 247 Å². The van der Waals surface area contributed by atoms with Gasteiger partial charge in [-0.15, -0.1) is 10.2 Å². The molecule has 2 heterocycles. The summed E-state index contributed by atoms with van der Waals surface area (Å²) < 4.78 is 0.532. The molecule has 0 radical (unpaired) electrons. The van der Waals surface area contributed by atoms with Gasteiger partial charge in [0.1, 0.15) is 5.82 Å². The number of nitrogens with zero attached hydrogens (tertiary/aromatic N) is 4. The second kappa shape index (κ2) is 11.6. The number of hydrogen-bond acceptors (Lipinski definition) is 9. The van der Waals surface area contributed by atoms with Gasteiger partial charge in [-0.3, -0.25) is 14.5 Å². The van der Waals surface area contributed by atoms with Crippen LogP contribution in [-0.4, -0.2) is 27.6 Å². The smallest absolute Gasteiger partial charge is 0.234 e. The minimum atomic E-state index is -0.712. The summed E-state index contributed by atoms with van der Waals surface area (Å²) in [6.45, 7) is 0. The van der Waals surface area contributed by atoms with Crippen molar-refractivity contribution >= 4 is 80.4 Å². The van der Waals surface area contributed by atoms with Crippen LogP contribution in [-0.2, 0) is 9.59 Å². The van der Waals surface area contributed by atoms with Gasteiger partial charge in [0.15, 0.2) is 10.1 Å². The molecule has 1 aliphatic heterocycles. The van der Waals surface area contributed by atoms with Crippen molar-refractivity contribution in [3.05, 3.63) is 85.8 Å². The van der Waals surface area contributed by atoms with Crippen LogP contribution in [0.2, 0.25) is 15.1 Å². The molecule has 0 spiro atoms. The standard InChI is InChI=1S/C26H19Cl3N6O2S2/c27-13-3-1-4-15(9-13)32-21(37)12-38-26-34-33-25(39-26)35-19-5-2-6-20(36)23(19)22(17(11-30)24(35)31)16-8-7-14(28)10-18(16)29/h1,3-4,7-10,22H,2,5-6,12,31H2,(H,32,37). The van der Waals surface area contributed by atoms with Crippen LogP contribution in [0, 0.1) is 11.3 Å². The fourth-order valence-electron chi connectivity index (χ4n) is 4.59. The van der Waals surface area contributed by atoms with E-state index in [4.69, 9.17) is 40.5 Å². The van der Waals surface area contributed by atoms with Crippen molar-refractivity contribution in [3.63, 3.8) is 0 Å². The maximum atomic E-state index is 13.3. The molecule has 1 atom stereocenters. The molecule has 1 unspecified atom stereocenters. The second-order valence-corrected chi connectivity index (χ2v) is 12.1. The van der Waals surface area contributed by atoms with Gasteiger partial charge in [-0.05, 0) is 48.7 Å². The molecular formula is C26H19Cl3N6O2S2. The van der Waals surface area contributed by atoms with Gasteiger partial charge in [0.2, 0.25) is 11.0 Å². The lowest BCUT2D eigenvalue weighted by atomic mass is 9.76. The summed E-state index contributed by atoms with van der Waals surface area (Å²) in [5.74, 6) is -0.758. The Morgan fingerprint density at radius 1 is 1.18 bits per heavy atom. The number of amides is 1. The van der Waals surface area contributed by atoms with Crippen LogP contribution >= 0.6 is 57.9 Å². The number of carbonyl (C=O) groups is 2. The monoisotopic (exact) mass is 616 g/mol. The van der Waals surface area contributed by atoms with E-state index in [0.29, 0.717) is 66.3 Å². The highest BCUT2D eigenvalue weighted by atomic mass is 35.5. The highest BCUT2D eigenvalue weighted by molar-refractivity contribution is 8.01. The Kier molecular flexibility index (Phi) is 8.16. The van der Waals surface area contributed by atoms with Crippen molar-refractivity contribution in [1.82, 2.24) is 10.2 Å². The van der Waals surface area contributed by atoms with Crippen LogP contribution in [0.4, 0.5) is 10.8 Å². The van der Waals surface area contributed by atoms with E-state index in [0.717, 1.165) is 0 Å². The lowest BCUT2D eigenvalue weighted by Crippen LogP contribution is -2.38. The SMILES string of the molecule is N#CC1=C(N)N(c2nnc(SCC(=O)Nc3cccc(Cl)c3)s2)C2=C(C(=O)CCC2)C1c1ccc(Cl)cc1Cl. The number of aromatic nitrogens is 2. The van der Waals surface area contributed by atoms with Gasteiger partial charge in [-0.1, -0.05) is 70.0 Å². The third kappa shape index (κ3) is 5.64. The van der Waals surface area contributed by atoms with Gasteiger partial charge in [0, 0.05) is 38.4 Å². The quantitative estimate of drug-likeness (QED) is 0.299. The lowest BCUT2D eigenvalue weighted by molar-refractivity contribution is -0.116. The summed E-state index contributed by atoms with van der Waals surface area (Å²) in [4.78, 5) is 27.3. The molecule has 2 aliphatic rings. The van der Waals surface area contributed by atoms with Crippen molar-refractivity contribution in [3.8, 4) is 6.07 Å². The second-order valence-electron chi connectivity index (χ2n) is 8.68. The molecule has 1 aromatic heterocycles. The number of Topliss-reactive ketones (excluding diaryl/α,β-unsaturated/α-hetero) is 1. The van der Waals surface area contributed by atoms with Crippen molar-refractivity contribution in [2.45, 2.75) is 29.5 Å². The number of carbonyl (C=O) groups excluding carboxylic acids is 2. The lowest BCUT2D eigenvalue weighted by Gasteiger charge is -2.38. The number of thioether (sulfide) groups is 1. The molecule has 3 aromatic rings. The van der Waals surface area contributed by atoms with Crippen LogP contribution in [0.15, 0.2) is 69.5 Å².